The number of Topliss-reactive ketones (excluding diaryl/α,β-unsaturated/α-hetero) is 1. The van der Waals surface area contributed by atoms with Crippen LogP contribution in [0.2, 0.25) is 5.02 Å². The maximum absolute atomic E-state index is 12.0. The second-order valence-corrected chi connectivity index (χ2v) is 4.85. The number of halogens is 1. The quantitative estimate of drug-likeness (QED) is 0.781. The normalized spacial score (nSPS) is 10.3. The zero-order chi connectivity index (χ0) is 13.8. The summed E-state index contributed by atoms with van der Waals surface area (Å²) in [5.41, 5.74) is 2.82. The van der Waals surface area contributed by atoms with Crippen LogP contribution in [0, 0.1) is 13.8 Å². The summed E-state index contributed by atoms with van der Waals surface area (Å²) in [6.07, 6.45) is 0. The smallest absolute Gasteiger partial charge is 0.200 e. The van der Waals surface area contributed by atoms with Crippen LogP contribution in [-0.4, -0.2) is 12.4 Å². The van der Waals surface area contributed by atoms with E-state index in [4.69, 9.17) is 16.3 Å². The molecule has 0 bridgehead atoms. The third-order valence-corrected chi connectivity index (χ3v) is 3.33. The van der Waals surface area contributed by atoms with E-state index in [1.54, 1.807) is 24.3 Å². The van der Waals surface area contributed by atoms with Crippen molar-refractivity contribution >= 4 is 17.4 Å². The molecule has 2 aromatic rings. The Morgan fingerprint density at radius 1 is 1.11 bits per heavy atom. The summed E-state index contributed by atoms with van der Waals surface area (Å²) in [7, 11) is 0. The van der Waals surface area contributed by atoms with Gasteiger partial charge >= 0.3 is 0 Å². The summed E-state index contributed by atoms with van der Waals surface area (Å²) in [5.74, 6) is 0.694. The van der Waals surface area contributed by atoms with E-state index in [1.807, 2.05) is 32.0 Å². The average molecular weight is 275 g/mol. The second kappa shape index (κ2) is 5.89. The van der Waals surface area contributed by atoms with Gasteiger partial charge in [0.15, 0.2) is 12.4 Å². The Hall–Kier alpha value is -1.80. The topological polar surface area (TPSA) is 26.3 Å². The summed E-state index contributed by atoms with van der Waals surface area (Å²) in [6, 6.07) is 12.6. The van der Waals surface area contributed by atoms with Gasteiger partial charge in [0.25, 0.3) is 0 Å². The van der Waals surface area contributed by atoms with E-state index in [0.717, 1.165) is 16.9 Å². The number of ether oxygens (including phenoxy) is 1. The third-order valence-electron chi connectivity index (χ3n) is 3.08. The summed E-state index contributed by atoms with van der Waals surface area (Å²) in [4.78, 5) is 12.0. The molecule has 0 aromatic heterocycles. The molecule has 2 rings (SSSR count). The van der Waals surface area contributed by atoms with Crippen molar-refractivity contribution in [3.8, 4) is 5.75 Å². The SMILES string of the molecule is Cc1cccc(OCC(=O)c2ccc(Cl)cc2)c1C. The van der Waals surface area contributed by atoms with Gasteiger partial charge in [0, 0.05) is 10.6 Å². The largest absolute Gasteiger partial charge is 0.485 e. The molecule has 0 amide bonds. The number of carbonyl (C=O) groups is 1. The highest BCUT2D eigenvalue weighted by molar-refractivity contribution is 6.30. The molecule has 0 unspecified atom stereocenters. The first-order valence-electron chi connectivity index (χ1n) is 6.05. The highest BCUT2D eigenvalue weighted by atomic mass is 35.5. The molecule has 19 heavy (non-hydrogen) atoms. The predicted octanol–water partition coefficient (Wildman–Crippen LogP) is 4.22. The van der Waals surface area contributed by atoms with Gasteiger partial charge in [-0.25, -0.2) is 0 Å². The van der Waals surface area contributed by atoms with Crippen molar-refractivity contribution in [2.24, 2.45) is 0 Å². The van der Waals surface area contributed by atoms with E-state index in [2.05, 4.69) is 0 Å². The van der Waals surface area contributed by atoms with Gasteiger partial charge in [-0.05, 0) is 55.3 Å². The molecule has 0 heterocycles. The van der Waals surface area contributed by atoms with E-state index >= 15 is 0 Å². The lowest BCUT2D eigenvalue weighted by atomic mass is 10.1. The van der Waals surface area contributed by atoms with E-state index in [-0.39, 0.29) is 12.4 Å². The minimum Gasteiger partial charge on any atom is -0.485 e. The Balaban J connectivity index is 2.04. The molecule has 0 radical (unpaired) electrons. The van der Waals surface area contributed by atoms with Crippen molar-refractivity contribution in [1.29, 1.82) is 0 Å². The molecule has 3 heteroatoms. The Bertz CT molecular complexity index is 588. The molecule has 0 N–H and O–H groups in total. The Morgan fingerprint density at radius 2 is 1.79 bits per heavy atom. The Morgan fingerprint density at radius 3 is 2.47 bits per heavy atom. The highest BCUT2D eigenvalue weighted by Crippen LogP contribution is 2.20. The number of hydrogen-bond donors (Lipinski definition) is 0. The van der Waals surface area contributed by atoms with Crippen molar-refractivity contribution in [3.63, 3.8) is 0 Å². The Labute approximate surface area is 118 Å². The lowest BCUT2D eigenvalue weighted by molar-refractivity contribution is 0.0921. The van der Waals surface area contributed by atoms with Crippen LogP contribution >= 0.6 is 11.6 Å². The summed E-state index contributed by atoms with van der Waals surface area (Å²) < 4.78 is 5.58. The second-order valence-electron chi connectivity index (χ2n) is 4.42. The molecule has 0 spiro atoms. The van der Waals surface area contributed by atoms with Crippen LogP contribution in [0.1, 0.15) is 21.5 Å². The van der Waals surface area contributed by atoms with Gasteiger partial charge in [0.2, 0.25) is 0 Å². The van der Waals surface area contributed by atoms with Crippen LogP contribution in [-0.2, 0) is 0 Å². The molecular weight excluding hydrogens is 260 g/mol. The molecule has 0 atom stereocenters. The monoisotopic (exact) mass is 274 g/mol. The van der Waals surface area contributed by atoms with Crippen LogP contribution < -0.4 is 4.74 Å². The molecule has 0 aliphatic heterocycles. The van der Waals surface area contributed by atoms with Crippen LogP contribution in [0.4, 0.5) is 0 Å². The first-order valence-corrected chi connectivity index (χ1v) is 6.43. The minimum atomic E-state index is -0.0578. The van der Waals surface area contributed by atoms with Crippen LogP contribution in [0.5, 0.6) is 5.75 Å². The van der Waals surface area contributed by atoms with Crippen molar-refractivity contribution in [2.45, 2.75) is 13.8 Å². The number of carbonyl (C=O) groups excluding carboxylic acids is 1. The van der Waals surface area contributed by atoms with Gasteiger partial charge in [0.05, 0.1) is 0 Å². The van der Waals surface area contributed by atoms with Crippen molar-refractivity contribution in [2.75, 3.05) is 6.61 Å². The zero-order valence-electron chi connectivity index (χ0n) is 10.9. The van der Waals surface area contributed by atoms with Crippen molar-refractivity contribution in [1.82, 2.24) is 0 Å². The van der Waals surface area contributed by atoms with E-state index in [9.17, 15) is 4.79 Å². The fourth-order valence-corrected chi connectivity index (χ4v) is 1.87. The molecule has 2 aromatic carbocycles. The fraction of sp³-hybridized carbons (Fsp3) is 0.188. The zero-order valence-corrected chi connectivity index (χ0v) is 11.7. The van der Waals surface area contributed by atoms with Crippen LogP contribution in [0.25, 0.3) is 0 Å². The van der Waals surface area contributed by atoms with Crippen molar-refractivity contribution < 1.29 is 9.53 Å². The number of rotatable bonds is 4. The van der Waals surface area contributed by atoms with Gasteiger partial charge in [0.1, 0.15) is 5.75 Å². The highest BCUT2D eigenvalue weighted by Gasteiger charge is 2.08. The van der Waals surface area contributed by atoms with Gasteiger partial charge < -0.3 is 4.74 Å². The van der Waals surface area contributed by atoms with Gasteiger partial charge in [-0.3, -0.25) is 4.79 Å². The maximum Gasteiger partial charge on any atom is 0.200 e. The predicted molar refractivity (Wildman–Crippen MR) is 77.2 cm³/mol. The van der Waals surface area contributed by atoms with Gasteiger partial charge in [-0.2, -0.15) is 0 Å². The number of benzene rings is 2. The molecular formula is C16H15ClO2. The fourth-order valence-electron chi connectivity index (χ4n) is 1.74. The summed E-state index contributed by atoms with van der Waals surface area (Å²) >= 11 is 5.78. The summed E-state index contributed by atoms with van der Waals surface area (Å²) in [5, 5.41) is 0.618. The molecule has 0 aliphatic carbocycles. The van der Waals surface area contributed by atoms with E-state index in [1.165, 1.54) is 0 Å². The van der Waals surface area contributed by atoms with Gasteiger partial charge in [-0.15, -0.1) is 0 Å². The molecule has 0 saturated heterocycles. The average Bonchev–Trinajstić information content (AvgIpc) is 2.41. The standard InChI is InChI=1S/C16H15ClO2/c1-11-4-3-5-16(12(11)2)19-10-15(18)13-6-8-14(17)9-7-13/h3-9H,10H2,1-2H3. The molecule has 98 valence electrons. The van der Waals surface area contributed by atoms with E-state index < -0.39 is 0 Å². The molecule has 0 aliphatic rings. The lowest BCUT2D eigenvalue weighted by Crippen LogP contribution is -2.12. The summed E-state index contributed by atoms with van der Waals surface area (Å²) in [6.45, 7) is 4.03. The number of ketones is 1. The maximum atomic E-state index is 12.0. The first kappa shape index (κ1) is 13.6. The lowest BCUT2D eigenvalue weighted by Gasteiger charge is -2.10. The molecule has 2 nitrogen and oxygen atoms in total. The first-order chi connectivity index (χ1) is 9.08. The Kier molecular flexibility index (Phi) is 4.23. The minimum absolute atomic E-state index is 0.0337. The van der Waals surface area contributed by atoms with Crippen LogP contribution in [0.3, 0.4) is 0 Å². The molecule has 0 saturated carbocycles. The third kappa shape index (κ3) is 3.36. The van der Waals surface area contributed by atoms with Crippen LogP contribution in [0.15, 0.2) is 42.5 Å². The number of hydrogen-bond acceptors (Lipinski definition) is 2. The van der Waals surface area contributed by atoms with Gasteiger partial charge in [-0.1, -0.05) is 23.7 Å². The van der Waals surface area contributed by atoms with E-state index in [0.29, 0.717) is 10.6 Å². The number of aryl methyl sites for hydroxylation is 1. The molecule has 0 fully saturated rings. The van der Waals surface area contributed by atoms with Crippen molar-refractivity contribution in [3.05, 3.63) is 64.2 Å².